The molecule has 0 saturated carbocycles. The molecule has 3 N–H and O–H groups in total. The lowest BCUT2D eigenvalue weighted by molar-refractivity contribution is -0.140. The summed E-state index contributed by atoms with van der Waals surface area (Å²) in [4.78, 5) is 38.8. The predicted molar refractivity (Wildman–Crippen MR) is 90.1 cm³/mol. The summed E-state index contributed by atoms with van der Waals surface area (Å²) >= 11 is 6.11. The smallest absolute Gasteiger partial charge is 0.245 e. The molecule has 2 aliphatic heterocycles. The van der Waals surface area contributed by atoms with Gasteiger partial charge in [0.15, 0.2) is 0 Å². The van der Waals surface area contributed by atoms with Gasteiger partial charge < -0.3 is 15.7 Å². The van der Waals surface area contributed by atoms with E-state index in [1.165, 1.54) is 4.90 Å². The van der Waals surface area contributed by atoms with Crippen LogP contribution in [0.25, 0.3) is 0 Å². The normalized spacial score (nSPS) is 27.3. The van der Waals surface area contributed by atoms with Gasteiger partial charge in [-0.15, -0.1) is 0 Å². The molecule has 25 heavy (non-hydrogen) atoms. The zero-order chi connectivity index (χ0) is 18.0. The number of halogens is 1. The van der Waals surface area contributed by atoms with Gasteiger partial charge in [-0.2, -0.15) is 0 Å². The molecule has 3 atom stereocenters. The molecule has 2 aliphatic rings. The number of nitrogens with zero attached hydrogens (tertiary/aromatic N) is 1. The Bertz CT molecular complexity index is 722. The highest BCUT2D eigenvalue weighted by molar-refractivity contribution is 6.30. The van der Waals surface area contributed by atoms with E-state index in [0.29, 0.717) is 0 Å². The summed E-state index contributed by atoms with van der Waals surface area (Å²) in [6, 6.07) is 6.56. The van der Waals surface area contributed by atoms with E-state index in [1.54, 1.807) is 18.2 Å². The number of hydrogen-bond acceptors (Lipinski definition) is 4. The topological polar surface area (TPSA) is 98.7 Å². The fraction of sp³-hybridized carbons (Fsp3) is 0.353. The van der Waals surface area contributed by atoms with Crippen LogP contribution in [0, 0.1) is 0 Å². The summed E-state index contributed by atoms with van der Waals surface area (Å²) in [5.41, 5.74) is 0.753. The van der Waals surface area contributed by atoms with E-state index >= 15 is 0 Å². The molecule has 1 aromatic carbocycles. The van der Waals surface area contributed by atoms with Crippen LogP contribution in [0.2, 0.25) is 0 Å². The highest BCUT2D eigenvalue weighted by atomic mass is 35.5. The molecular weight excluding hydrogens is 346 g/mol. The van der Waals surface area contributed by atoms with Crippen LogP contribution in [-0.2, 0) is 14.4 Å². The van der Waals surface area contributed by atoms with Crippen molar-refractivity contribution in [3.63, 3.8) is 0 Å². The van der Waals surface area contributed by atoms with Crippen LogP contribution in [0.15, 0.2) is 41.6 Å². The minimum Gasteiger partial charge on any atom is -0.394 e. The lowest BCUT2D eigenvalue weighted by atomic mass is 10.0. The molecule has 132 valence electrons. The Morgan fingerprint density at radius 3 is 2.52 bits per heavy atom. The van der Waals surface area contributed by atoms with Gasteiger partial charge >= 0.3 is 0 Å². The maximum atomic E-state index is 12.7. The average molecular weight is 364 g/mol. The summed E-state index contributed by atoms with van der Waals surface area (Å²) in [7, 11) is 0. The number of aliphatic hydroxyl groups is 1. The van der Waals surface area contributed by atoms with Crippen molar-refractivity contribution in [2.75, 3.05) is 6.61 Å². The molecule has 1 unspecified atom stereocenters. The Balaban J connectivity index is 1.95. The molecule has 3 amide bonds. The summed E-state index contributed by atoms with van der Waals surface area (Å²) in [5, 5.41) is 14.9. The van der Waals surface area contributed by atoms with Gasteiger partial charge in [0.05, 0.1) is 19.1 Å². The van der Waals surface area contributed by atoms with Crippen molar-refractivity contribution in [2.45, 2.75) is 31.0 Å². The van der Waals surface area contributed by atoms with E-state index in [1.807, 2.05) is 18.2 Å². The highest BCUT2D eigenvalue weighted by Crippen LogP contribution is 2.29. The zero-order valence-electron chi connectivity index (χ0n) is 13.3. The fourth-order valence-electron chi connectivity index (χ4n) is 3.02. The Hall–Kier alpha value is -2.38. The Labute approximate surface area is 149 Å². The van der Waals surface area contributed by atoms with Gasteiger partial charge in [-0.05, 0) is 18.1 Å². The number of rotatable bonds is 2. The number of hydrogen-bond donors (Lipinski definition) is 3. The van der Waals surface area contributed by atoms with Crippen molar-refractivity contribution < 1.29 is 19.5 Å². The summed E-state index contributed by atoms with van der Waals surface area (Å²) < 4.78 is 0. The summed E-state index contributed by atoms with van der Waals surface area (Å²) in [5.74, 6) is -1.41. The second kappa shape index (κ2) is 7.25. The molecule has 1 fully saturated rings. The van der Waals surface area contributed by atoms with E-state index in [4.69, 9.17) is 11.6 Å². The second-order valence-corrected chi connectivity index (χ2v) is 6.35. The molecule has 7 nitrogen and oxygen atoms in total. The molecule has 0 radical (unpaired) electrons. The molecule has 0 bridgehead atoms. The van der Waals surface area contributed by atoms with Gasteiger partial charge in [-0.25, -0.2) is 0 Å². The van der Waals surface area contributed by atoms with Crippen molar-refractivity contribution in [3.05, 3.63) is 47.1 Å². The van der Waals surface area contributed by atoms with Crippen LogP contribution >= 0.6 is 11.6 Å². The second-order valence-electron chi connectivity index (χ2n) is 5.96. The molecule has 1 saturated heterocycles. The number of carbonyl (C=O) groups is 3. The Kier molecular flexibility index (Phi) is 5.06. The number of nitrogens with one attached hydrogen (secondary N) is 2. The highest BCUT2D eigenvalue weighted by Gasteiger charge is 2.39. The monoisotopic (exact) mass is 363 g/mol. The molecule has 8 heteroatoms. The Morgan fingerprint density at radius 1 is 1.12 bits per heavy atom. The first-order valence-electron chi connectivity index (χ1n) is 7.95. The maximum Gasteiger partial charge on any atom is 0.245 e. The SMILES string of the molecule is O=C1N[C@@H](c2ccccc2)CC(=O)N2C(Cl)=CC[C@H]2C(=O)NC1CO. The number of amides is 3. The lowest BCUT2D eigenvalue weighted by Crippen LogP contribution is -2.56. The van der Waals surface area contributed by atoms with Crippen LogP contribution in [-0.4, -0.2) is 46.4 Å². The summed E-state index contributed by atoms with van der Waals surface area (Å²) in [6.45, 7) is -0.541. The van der Waals surface area contributed by atoms with Gasteiger partial charge in [0.1, 0.15) is 17.2 Å². The summed E-state index contributed by atoms with van der Waals surface area (Å²) in [6.07, 6.45) is 1.83. The zero-order valence-corrected chi connectivity index (χ0v) is 14.1. The van der Waals surface area contributed by atoms with Gasteiger partial charge in [-0.3, -0.25) is 19.3 Å². The largest absolute Gasteiger partial charge is 0.394 e. The van der Waals surface area contributed by atoms with Gasteiger partial charge in [0.25, 0.3) is 0 Å². The van der Waals surface area contributed by atoms with Crippen molar-refractivity contribution in [1.29, 1.82) is 0 Å². The third kappa shape index (κ3) is 3.52. The van der Waals surface area contributed by atoms with E-state index < -0.39 is 36.5 Å². The van der Waals surface area contributed by atoms with Crippen molar-refractivity contribution >= 4 is 29.3 Å². The first-order chi connectivity index (χ1) is 12.0. The quantitative estimate of drug-likeness (QED) is 0.663. The first-order valence-corrected chi connectivity index (χ1v) is 8.33. The molecule has 0 aliphatic carbocycles. The van der Waals surface area contributed by atoms with Crippen LogP contribution in [0.1, 0.15) is 24.4 Å². The predicted octanol–water partition coefficient (Wildman–Crippen LogP) is 0.406. The number of aliphatic hydroxyl groups excluding tert-OH is 1. The van der Waals surface area contributed by atoms with Crippen LogP contribution in [0.3, 0.4) is 0 Å². The fourth-order valence-corrected chi connectivity index (χ4v) is 3.32. The van der Waals surface area contributed by atoms with Crippen molar-refractivity contribution in [2.24, 2.45) is 0 Å². The maximum absolute atomic E-state index is 12.7. The first kappa shape index (κ1) is 17.4. The molecule has 2 heterocycles. The van der Waals surface area contributed by atoms with E-state index in [0.717, 1.165) is 5.56 Å². The lowest BCUT2D eigenvalue weighted by Gasteiger charge is -2.31. The minimum atomic E-state index is -1.09. The molecule has 1 aromatic rings. The van der Waals surface area contributed by atoms with Gasteiger partial charge in [0, 0.05) is 0 Å². The average Bonchev–Trinajstić information content (AvgIpc) is 3.00. The third-order valence-corrected chi connectivity index (χ3v) is 4.67. The number of carbonyl (C=O) groups excluding carboxylic acids is 3. The molecule has 3 rings (SSSR count). The van der Waals surface area contributed by atoms with Crippen LogP contribution < -0.4 is 10.6 Å². The molecule has 0 aromatic heterocycles. The minimum absolute atomic E-state index is 0.0399. The standard InChI is InChI=1S/C17H18ClN3O4/c18-14-7-6-13-17(25)20-12(9-22)16(24)19-11(8-15(23)21(13)14)10-4-2-1-3-5-10/h1-5,7,11-13,22H,6,8-9H2,(H,19,24)(H,20,25)/t11-,12?,13+/m1/s1. The molecule has 0 spiro atoms. The van der Waals surface area contributed by atoms with Crippen LogP contribution in [0.5, 0.6) is 0 Å². The molecular formula is C17H18ClN3O4. The van der Waals surface area contributed by atoms with Crippen LogP contribution in [0.4, 0.5) is 0 Å². The van der Waals surface area contributed by atoms with E-state index in [2.05, 4.69) is 10.6 Å². The van der Waals surface area contributed by atoms with E-state index in [-0.39, 0.29) is 23.9 Å². The van der Waals surface area contributed by atoms with Gasteiger partial charge in [-0.1, -0.05) is 41.9 Å². The third-order valence-electron chi connectivity index (χ3n) is 4.34. The van der Waals surface area contributed by atoms with Gasteiger partial charge in [0.2, 0.25) is 17.7 Å². The Morgan fingerprint density at radius 2 is 1.84 bits per heavy atom. The number of benzene rings is 1. The number of fused-ring (bicyclic) bond motifs is 1. The van der Waals surface area contributed by atoms with Crippen molar-refractivity contribution in [3.8, 4) is 0 Å². The van der Waals surface area contributed by atoms with Crippen molar-refractivity contribution in [1.82, 2.24) is 15.5 Å². The van der Waals surface area contributed by atoms with E-state index in [9.17, 15) is 19.5 Å².